The van der Waals surface area contributed by atoms with Gasteiger partial charge in [0.15, 0.2) is 0 Å². The number of alkyl halides is 3. The fraction of sp³-hybridized carbons (Fsp3) is 0.682. The molecule has 0 saturated heterocycles. The lowest BCUT2D eigenvalue weighted by Gasteiger charge is -2.13. The maximum atomic E-state index is 13.1. The van der Waals surface area contributed by atoms with Crippen LogP contribution in [0.3, 0.4) is 0 Å². The number of carbonyl (C=O) groups is 2. The quantitative estimate of drug-likeness (QED) is 0.0523. The van der Waals surface area contributed by atoms with Crippen molar-refractivity contribution in [3.8, 4) is 0 Å². The van der Waals surface area contributed by atoms with Crippen molar-refractivity contribution in [1.29, 1.82) is 0 Å². The first-order chi connectivity index (χ1) is 27.8. The van der Waals surface area contributed by atoms with Gasteiger partial charge in [-0.3, -0.25) is 4.79 Å². The molecule has 0 unspecified atom stereocenters. The lowest BCUT2D eigenvalue weighted by Crippen LogP contribution is -2.16. The minimum atomic E-state index is -4.48. The first-order valence-corrected chi connectivity index (χ1v) is 21.1. The molecule has 0 aliphatic rings. The van der Waals surface area contributed by atoms with Crippen molar-refractivity contribution in [2.45, 2.75) is 116 Å². The van der Waals surface area contributed by atoms with Gasteiger partial charge in [-0.1, -0.05) is 115 Å². The van der Waals surface area contributed by atoms with Crippen LogP contribution >= 0.6 is 0 Å². The third-order valence-corrected chi connectivity index (χ3v) is 9.04. The number of nitrogens with one attached hydrogen (secondary N) is 1. The van der Waals surface area contributed by atoms with Crippen LogP contribution in [0.5, 0.6) is 0 Å². The molecule has 13 heteroatoms. The lowest BCUT2D eigenvalue weighted by atomic mass is 10.0. The Morgan fingerprint density at radius 1 is 0.526 bits per heavy atom. The highest BCUT2D eigenvalue weighted by molar-refractivity contribution is 5.96. The molecule has 10 nitrogen and oxygen atoms in total. The number of unbranched alkanes of at least 4 members (excludes halogenated alkanes) is 14. The third-order valence-electron chi connectivity index (χ3n) is 9.04. The van der Waals surface area contributed by atoms with Crippen molar-refractivity contribution in [1.82, 2.24) is 0 Å². The van der Waals surface area contributed by atoms with E-state index in [1.54, 1.807) is 18.2 Å². The Kier molecular flexibility index (Phi) is 29.5. The van der Waals surface area contributed by atoms with Gasteiger partial charge < -0.3 is 38.5 Å². The number of esters is 2. The van der Waals surface area contributed by atoms with Crippen molar-refractivity contribution in [2.75, 3.05) is 84.6 Å². The number of hydrogen-bond donors (Lipinski definition) is 1. The Balaban J connectivity index is 1.30. The second-order valence-corrected chi connectivity index (χ2v) is 13.9. The first kappa shape index (κ1) is 49.9. The van der Waals surface area contributed by atoms with Gasteiger partial charge in [-0.05, 0) is 36.8 Å². The SMILES string of the molecule is CCCCCCCCCCCCCCCCCC(=O)OCCOCCOCCOCCOCCOCCOC(=O)c1ccccc1Nc1cccc(C(F)(F)F)c1. The molecule has 1 N–H and O–H groups in total. The summed E-state index contributed by atoms with van der Waals surface area (Å²) in [4.78, 5) is 24.5. The van der Waals surface area contributed by atoms with E-state index in [0.29, 0.717) is 71.6 Å². The van der Waals surface area contributed by atoms with E-state index in [1.807, 2.05) is 0 Å². The summed E-state index contributed by atoms with van der Waals surface area (Å²) in [5.74, 6) is -0.787. The first-order valence-electron chi connectivity index (χ1n) is 21.1. The molecular weight excluding hydrogens is 743 g/mol. The van der Waals surface area contributed by atoms with E-state index < -0.39 is 17.7 Å². The summed E-state index contributed by atoms with van der Waals surface area (Å²) in [6.45, 7) is 6.10. The van der Waals surface area contributed by atoms with Crippen LogP contribution in [0, 0.1) is 0 Å². The number of hydrogen-bond acceptors (Lipinski definition) is 10. The zero-order valence-electron chi connectivity index (χ0n) is 34.2. The predicted octanol–water partition coefficient (Wildman–Crippen LogP) is 10.5. The van der Waals surface area contributed by atoms with Gasteiger partial charge in [0.05, 0.1) is 82.9 Å². The Labute approximate surface area is 338 Å². The monoisotopic (exact) mass is 811 g/mol. The molecule has 2 rings (SSSR count). The molecule has 57 heavy (non-hydrogen) atoms. The van der Waals surface area contributed by atoms with Crippen molar-refractivity contribution in [3.63, 3.8) is 0 Å². The summed E-state index contributed by atoms with van der Waals surface area (Å²) in [6.07, 6.45) is 15.5. The molecule has 2 aromatic carbocycles. The summed E-state index contributed by atoms with van der Waals surface area (Å²) in [6, 6.07) is 11.1. The van der Waals surface area contributed by atoms with Crippen molar-refractivity contribution in [3.05, 3.63) is 59.7 Å². The van der Waals surface area contributed by atoms with E-state index in [0.717, 1.165) is 25.0 Å². The Morgan fingerprint density at radius 2 is 0.965 bits per heavy atom. The predicted molar refractivity (Wildman–Crippen MR) is 216 cm³/mol. The minimum absolute atomic E-state index is 0.00204. The van der Waals surface area contributed by atoms with Crippen LogP contribution in [0.25, 0.3) is 0 Å². The van der Waals surface area contributed by atoms with Gasteiger partial charge in [-0.15, -0.1) is 0 Å². The molecule has 0 heterocycles. The van der Waals surface area contributed by atoms with Gasteiger partial charge >= 0.3 is 18.1 Å². The zero-order valence-corrected chi connectivity index (χ0v) is 34.2. The van der Waals surface area contributed by atoms with Crippen LogP contribution in [0.1, 0.15) is 126 Å². The topological polar surface area (TPSA) is 111 Å². The molecule has 324 valence electrons. The summed E-state index contributed by atoms with van der Waals surface area (Å²) < 4.78 is 77.0. The van der Waals surface area contributed by atoms with Gasteiger partial charge in [0.25, 0.3) is 0 Å². The summed E-state index contributed by atoms with van der Waals surface area (Å²) in [7, 11) is 0. The molecule has 0 radical (unpaired) electrons. The number of halogens is 3. The van der Waals surface area contributed by atoms with E-state index in [-0.39, 0.29) is 37.0 Å². The molecule has 0 aliphatic carbocycles. The summed E-state index contributed by atoms with van der Waals surface area (Å²) >= 11 is 0. The Morgan fingerprint density at radius 3 is 1.46 bits per heavy atom. The average molecular weight is 812 g/mol. The smallest absolute Gasteiger partial charge is 0.416 e. The van der Waals surface area contributed by atoms with Crippen molar-refractivity contribution >= 4 is 23.3 Å². The maximum Gasteiger partial charge on any atom is 0.416 e. The highest BCUT2D eigenvalue weighted by Crippen LogP contribution is 2.32. The highest BCUT2D eigenvalue weighted by atomic mass is 19.4. The number of anilines is 2. The van der Waals surface area contributed by atoms with Crippen molar-refractivity contribution in [2.24, 2.45) is 0 Å². The van der Waals surface area contributed by atoms with E-state index in [9.17, 15) is 22.8 Å². The maximum absolute atomic E-state index is 13.1. The van der Waals surface area contributed by atoms with E-state index in [4.69, 9.17) is 33.2 Å². The van der Waals surface area contributed by atoms with Crippen LogP contribution in [0.2, 0.25) is 0 Å². The third kappa shape index (κ3) is 27.2. The van der Waals surface area contributed by atoms with Gasteiger partial charge in [-0.2, -0.15) is 13.2 Å². The average Bonchev–Trinajstić information content (AvgIpc) is 3.20. The summed E-state index contributed by atoms with van der Waals surface area (Å²) in [5, 5.41) is 2.86. The van der Waals surface area contributed by atoms with Gasteiger partial charge in [-0.25, -0.2) is 4.79 Å². The molecule has 0 saturated carbocycles. The molecule has 0 aromatic heterocycles. The Hall–Kier alpha value is -3.23. The normalized spacial score (nSPS) is 11.5. The number of rotatable bonds is 37. The van der Waals surface area contributed by atoms with Crippen LogP contribution in [0.4, 0.5) is 24.5 Å². The molecular formula is C44H68F3NO9. The zero-order chi connectivity index (χ0) is 41.1. The Bertz CT molecular complexity index is 1300. The number of ether oxygens (including phenoxy) is 7. The van der Waals surface area contributed by atoms with Crippen LogP contribution in [-0.4, -0.2) is 91.2 Å². The minimum Gasteiger partial charge on any atom is -0.463 e. The van der Waals surface area contributed by atoms with Gasteiger partial charge in [0.2, 0.25) is 0 Å². The molecule has 0 amide bonds. The highest BCUT2D eigenvalue weighted by Gasteiger charge is 2.30. The summed E-state index contributed by atoms with van der Waals surface area (Å²) in [5.41, 5.74) is -0.0867. The molecule has 0 atom stereocenters. The van der Waals surface area contributed by atoms with Crippen molar-refractivity contribution < 1.29 is 55.9 Å². The molecule has 0 aliphatic heterocycles. The molecule has 0 fully saturated rings. The second-order valence-electron chi connectivity index (χ2n) is 13.9. The second kappa shape index (κ2) is 33.7. The van der Waals surface area contributed by atoms with E-state index >= 15 is 0 Å². The number of benzene rings is 2. The van der Waals surface area contributed by atoms with Crippen LogP contribution in [-0.2, 0) is 44.1 Å². The lowest BCUT2D eigenvalue weighted by molar-refractivity contribution is -0.145. The standard InChI is InChI=1S/C44H68F3NO9/c1-2-3-4-5-6-7-8-9-10-11-12-13-14-15-16-24-42(49)56-35-33-54-31-29-52-27-25-51-26-28-53-30-32-55-34-36-57-43(50)40-22-17-18-23-41(40)48-39-21-19-20-38(37-39)44(45,46)47/h17-23,37,48H,2-16,24-36H2,1H3. The van der Waals surface area contributed by atoms with E-state index in [2.05, 4.69) is 12.2 Å². The van der Waals surface area contributed by atoms with E-state index in [1.165, 1.54) is 102 Å². The fourth-order valence-electron chi connectivity index (χ4n) is 5.88. The fourth-order valence-corrected chi connectivity index (χ4v) is 5.88. The molecule has 0 spiro atoms. The number of carbonyl (C=O) groups excluding carboxylic acids is 2. The van der Waals surface area contributed by atoms with Crippen LogP contribution in [0.15, 0.2) is 48.5 Å². The largest absolute Gasteiger partial charge is 0.463 e. The molecule has 0 bridgehead atoms. The van der Waals surface area contributed by atoms with Gasteiger partial charge in [0, 0.05) is 12.1 Å². The molecule has 2 aromatic rings. The van der Waals surface area contributed by atoms with Crippen LogP contribution < -0.4 is 5.32 Å². The number of para-hydroxylation sites is 1. The van der Waals surface area contributed by atoms with Gasteiger partial charge in [0.1, 0.15) is 13.2 Å².